The molecule has 6 nitrogen and oxygen atoms in total. The van der Waals surface area contributed by atoms with E-state index in [0.29, 0.717) is 12.1 Å². The Balaban J connectivity index is 1.82. The van der Waals surface area contributed by atoms with Crippen LogP contribution in [-0.2, 0) is 9.59 Å². The number of rotatable bonds is 5. The van der Waals surface area contributed by atoms with Crippen LogP contribution < -0.4 is 0 Å². The number of ketones is 1. The van der Waals surface area contributed by atoms with Crippen molar-refractivity contribution in [2.75, 3.05) is 26.2 Å². The van der Waals surface area contributed by atoms with Crippen LogP contribution in [0.4, 0.5) is 0 Å². The van der Waals surface area contributed by atoms with Gasteiger partial charge in [0.2, 0.25) is 0 Å². The zero-order valence-electron chi connectivity index (χ0n) is 18.2. The number of hydrogen-bond acceptors (Lipinski definition) is 4. The van der Waals surface area contributed by atoms with Crippen molar-refractivity contribution in [3.63, 3.8) is 0 Å². The number of aliphatic hydroxyl groups is 1. The predicted molar refractivity (Wildman–Crippen MR) is 124 cm³/mol. The van der Waals surface area contributed by atoms with Gasteiger partial charge in [-0.15, -0.1) is 0 Å². The van der Waals surface area contributed by atoms with Gasteiger partial charge < -0.3 is 19.9 Å². The third-order valence-corrected chi connectivity index (χ3v) is 6.98. The van der Waals surface area contributed by atoms with Gasteiger partial charge in [0, 0.05) is 34.5 Å². The first-order valence-electron chi connectivity index (χ1n) is 10.7. The Bertz CT molecular complexity index is 1070. The highest BCUT2D eigenvalue weighted by atomic mass is 79.9. The third-order valence-electron chi connectivity index (χ3n) is 6.48. The van der Waals surface area contributed by atoms with Gasteiger partial charge in [0.15, 0.2) is 0 Å². The van der Waals surface area contributed by atoms with E-state index in [9.17, 15) is 14.7 Å². The SMILES string of the molecule is Cc1[nH]c(C)c(/C(O)=C2\C(=O)C(=O)N(CCN3CCCC3)C2c2cccc(Br)c2)c1C. The third kappa shape index (κ3) is 3.96. The van der Waals surface area contributed by atoms with Crippen molar-refractivity contribution in [3.8, 4) is 0 Å². The summed E-state index contributed by atoms with van der Waals surface area (Å²) < 4.78 is 0.861. The number of aromatic nitrogens is 1. The van der Waals surface area contributed by atoms with Crippen LogP contribution in [-0.4, -0.2) is 57.8 Å². The molecule has 7 heteroatoms. The van der Waals surface area contributed by atoms with E-state index in [2.05, 4.69) is 25.8 Å². The number of benzene rings is 1. The number of H-pyrrole nitrogens is 1. The second kappa shape index (κ2) is 8.63. The molecule has 164 valence electrons. The zero-order chi connectivity index (χ0) is 22.3. The summed E-state index contributed by atoms with van der Waals surface area (Å²) in [4.78, 5) is 33.4. The van der Waals surface area contributed by atoms with E-state index in [-0.39, 0.29) is 11.3 Å². The van der Waals surface area contributed by atoms with Crippen LogP contribution in [0.15, 0.2) is 34.3 Å². The molecule has 0 saturated carbocycles. The first-order chi connectivity index (χ1) is 14.8. The molecule has 2 aliphatic heterocycles. The van der Waals surface area contributed by atoms with E-state index in [1.54, 1.807) is 4.90 Å². The summed E-state index contributed by atoms with van der Waals surface area (Å²) in [5, 5.41) is 11.3. The van der Waals surface area contributed by atoms with Gasteiger partial charge in [-0.05, 0) is 70.0 Å². The fourth-order valence-electron chi connectivity index (χ4n) is 4.79. The second-order valence-corrected chi connectivity index (χ2v) is 9.39. The van der Waals surface area contributed by atoms with E-state index in [0.717, 1.165) is 46.6 Å². The van der Waals surface area contributed by atoms with Crippen molar-refractivity contribution in [2.45, 2.75) is 39.7 Å². The highest BCUT2D eigenvalue weighted by Gasteiger charge is 2.46. The number of aliphatic hydroxyl groups excluding tert-OH is 1. The topological polar surface area (TPSA) is 76.6 Å². The Morgan fingerprint density at radius 3 is 2.45 bits per heavy atom. The van der Waals surface area contributed by atoms with Gasteiger partial charge in [-0.2, -0.15) is 0 Å². The van der Waals surface area contributed by atoms with E-state index in [4.69, 9.17) is 0 Å². The minimum atomic E-state index is -0.624. The Hall–Kier alpha value is -2.38. The lowest BCUT2D eigenvalue weighted by molar-refractivity contribution is -0.140. The Morgan fingerprint density at radius 2 is 1.84 bits per heavy atom. The normalized spacial score (nSPS) is 21.4. The van der Waals surface area contributed by atoms with Crippen LogP contribution in [0, 0.1) is 20.8 Å². The summed E-state index contributed by atoms with van der Waals surface area (Å²) >= 11 is 3.50. The highest BCUT2D eigenvalue weighted by molar-refractivity contribution is 9.10. The molecular formula is C24H28BrN3O3. The van der Waals surface area contributed by atoms with Crippen LogP contribution in [0.5, 0.6) is 0 Å². The molecule has 1 aromatic heterocycles. The molecule has 2 aliphatic rings. The minimum Gasteiger partial charge on any atom is -0.507 e. The van der Waals surface area contributed by atoms with Crippen molar-refractivity contribution < 1.29 is 14.7 Å². The number of nitrogens with one attached hydrogen (secondary N) is 1. The van der Waals surface area contributed by atoms with Crippen molar-refractivity contribution in [1.82, 2.24) is 14.8 Å². The summed E-state index contributed by atoms with van der Waals surface area (Å²) in [6, 6.07) is 6.99. The second-order valence-electron chi connectivity index (χ2n) is 8.47. The van der Waals surface area contributed by atoms with E-state index >= 15 is 0 Å². The summed E-state index contributed by atoms with van der Waals surface area (Å²) in [7, 11) is 0. The van der Waals surface area contributed by atoms with Crippen LogP contribution in [0.3, 0.4) is 0 Å². The number of aryl methyl sites for hydroxylation is 2. The number of carbonyl (C=O) groups is 2. The monoisotopic (exact) mass is 485 g/mol. The lowest BCUT2D eigenvalue weighted by Gasteiger charge is -2.27. The molecule has 1 aromatic carbocycles. The molecule has 1 unspecified atom stereocenters. The molecule has 0 aliphatic carbocycles. The number of likely N-dealkylation sites (tertiary alicyclic amines) is 2. The van der Waals surface area contributed by atoms with Gasteiger partial charge in [0.1, 0.15) is 5.76 Å². The van der Waals surface area contributed by atoms with Crippen molar-refractivity contribution in [2.24, 2.45) is 0 Å². The number of amides is 1. The average molecular weight is 486 g/mol. The van der Waals surface area contributed by atoms with Crippen LogP contribution >= 0.6 is 15.9 Å². The fraction of sp³-hybridized carbons (Fsp3) is 0.417. The van der Waals surface area contributed by atoms with Gasteiger partial charge in [0.05, 0.1) is 11.6 Å². The molecule has 2 saturated heterocycles. The summed E-state index contributed by atoms with van der Waals surface area (Å²) in [5.74, 6) is -1.28. The molecule has 2 fully saturated rings. The first kappa shape index (κ1) is 21.8. The quantitative estimate of drug-likeness (QED) is 0.377. The van der Waals surface area contributed by atoms with Crippen molar-refractivity contribution in [3.05, 3.63) is 62.4 Å². The Kier molecular flexibility index (Phi) is 6.08. The average Bonchev–Trinajstić information content (AvgIpc) is 3.40. The number of nitrogens with zero attached hydrogens (tertiary/aromatic N) is 2. The Labute approximate surface area is 191 Å². The number of halogens is 1. The predicted octanol–water partition coefficient (Wildman–Crippen LogP) is 4.22. The standard InChI is InChI=1S/C24H28BrN3O3/c1-14-15(2)26-16(3)19(14)22(29)20-21(17-7-6-8-18(25)13-17)28(24(31)23(20)30)12-11-27-9-4-5-10-27/h6-8,13,21,26,29H,4-5,9-12H2,1-3H3/b22-20+. The molecule has 0 radical (unpaired) electrons. The first-order valence-corrected chi connectivity index (χ1v) is 11.5. The van der Waals surface area contributed by atoms with Gasteiger partial charge in [0.25, 0.3) is 11.7 Å². The molecule has 3 heterocycles. The number of Topliss-reactive ketones (excluding diaryl/α,β-unsaturated/α-hetero) is 1. The highest BCUT2D eigenvalue weighted by Crippen LogP contribution is 2.41. The number of hydrogen-bond donors (Lipinski definition) is 2. The lowest BCUT2D eigenvalue weighted by atomic mass is 9.94. The molecule has 31 heavy (non-hydrogen) atoms. The van der Waals surface area contributed by atoms with Gasteiger partial charge in [-0.25, -0.2) is 0 Å². The number of carbonyl (C=O) groups excluding carboxylic acids is 2. The van der Waals surface area contributed by atoms with Gasteiger partial charge in [-0.1, -0.05) is 28.1 Å². The molecule has 1 amide bonds. The maximum Gasteiger partial charge on any atom is 0.295 e. The maximum absolute atomic E-state index is 13.2. The largest absolute Gasteiger partial charge is 0.507 e. The molecular weight excluding hydrogens is 458 g/mol. The summed E-state index contributed by atoms with van der Waals surface area (Å²) in [6.07, 6.45) is 2.33. The van der Waals surface area contributed by atoms with Crippen LogP contribution in [0.25, 0.3) is 5.76 Å². The molecule has 1 atom stereocenters. The number of aromatic amines is 1. The van der Waals surface area contributed by atoms with E-state index in [1.807, 2.05) is 45.0 Å². The minimum absolute atomic E-state index is 0.105. The molecule has 4 rings (SSSR count). The van der Waals surface area contributed by atoms with Crippen LogP contribution in [0.1, 0.15) is 47.0 Å². The smallest absolute Gasteiger partial charge is 0.295 e. The van der Waals surface area contributed by atoms with Crippen molar-refractivity contribution in [1.29, 1.82) is 0 Å². The van der Waals surface area contributed by atoms with E-state index < -0.39 is 17.7 Å². The van der Waals surface area contributed by atoms with Gasteiger partial charge >= 0.3 is 0 Å². The lowest BCUT2D eigenvalue weighted by Crippen LogP contribution is -2.37. The van der Waals surface area contributed by atoms with Crippen molar-refractivity contribution >= 4 is 33.4 Å². The van der Waals surface area contributed by atoms with Gasteiger partial charge in [-0.3, -0.25) is 9.59 Å². The fourth-order valence-corrected chi connectivity index (χ4v) is 5.20. The summed E-state index contributed by atoms with van der Waals surface area (Å²) in [5.41, 5.74) is 4.17. The van der Waals surface area contributed by atoms with E-state index in [1.165, 1.54) is 12.8 Å². The van der Waals surface area contributed by atoms with Crippen LogP contribution in [0.2, 0.25) is 0 Å². The maximum atomic E-state index is 13.2. The molecule has 0 spiro atoms. The molecule has 2 aromatic rings. The molecule has 0 bridgehead atoms. The Morgan fingerprint density at radius 1 is 1.13 bits per heavy atom. The summed E-state index contributed by atoms with van der Waals surface area (Å²) in [6.45, 7) is 8.91. The zero-order valence-corrected chi connectivity index (χ0v) is 19.8. The molecule has 2 N–H and O–H groups in total.